The number of nitrogen functional groups attached to an aromatic ring is 1. The molecule has 3 N–H and O–H groups in total. The van der Waals surface area contributed by atoms with Gasteiger partial charge < -0.3 is 11.1 Å². The Labute approximate surface area is 153 Å². The van der Waals surface area contributed by atoms with Gasteiger partial charge in [-0.1, -0.05) is 41.4 Å². The normalized spacial score (nSPS) is 19.3. The zero-order chi connectivity index (χ0) is 17.6. The van der Waals surface area contributed by atoms with Crippen LogP contribution in [0.25, 0.3) is 0 Å². The number of anilines is 2. The summed E-state index contributed by atoms with van der Waals surface area (Å²) < 4.78 is 14.9. The number of benzene rings is 2. The average molecular weight is 378 g/mol. The number of nitrogens with one attached hydrogen (secondary N) is 1. The first-order valence-electron chi connectivity index (χ1n) is 7.71. The summed E-state index contributed by atoms with van der Waals surface area (Å²) in [4.78, 5) is 4.24. The van der Waals surface area contributed by atoms with Crippen LogP contribution in [0, 0.1) is 5.82 Å². The molecule has 2 atom stereocenters. The molecule has 8 heteroatoms. The second-order valence-corrected chi connectivity index (χ2v) is 6.69. The van der Waals surface area contributed by atoms with Gasteiger partial charge in [0.05, 0.1) is 12.1 Å². The number of nitrogens with two attached hydrogens (primary N) is 1. The molecule has 1 aliphatic rings. The van der Waals surface area contributed by atoms with Crippen LogP contribution >= 0.6 is 23.2 Å². The van der Waals surface area contributed by atoms with Crippen molar-refractivity contribution in [1.29, 1.82) is 0 Å². The zero-order valence-electron chi connectivity index (χ0n) is 13.0. The molecule has 0 unspecified atom stereocenters. The van der Waals surface area contributed by atoms with Gasteiger partial charge >= 0.3 is 0 Å². The molecule has 3 aromatic rings. The maximum atomic E-state index is 13.2. The summed E-state index contributed by atoms with van der Waals surface area (Å²) in [7, 11) is 0. The minimum Gasteiger partial charge on any atom is -0.366 e. The highest BCUT2D eigenvalue weighted by Gasteiger charge is 2.33. The van der Waals surface area contributed by atoms with E-state index in [-0.39, 0.29) is 23.8 Å². The molecule has 2 heterocycles. The first-order chi connectivity index (χ1) is 12.0. The molecule has 128 valence electrons. The third-order valence-corrected chi connectivity index (χ3v) is 4.97. The summed E-state index contributed by atoms with van der Waals surface area (Å²) in [6, 6.07) is 11.4. The van der Waals surface area contributed by atoms with Crippen molar-refractivity contribution in [2.24, 2.45) is 0 Å². The van der Waals surface area contributed by atoms with Crippen LogP contribution in [0.3, 0.4) is 0 Å². The van der Waals surface area contributed by atoms with E-state index in [1.54, 1.807) is 35.0 Å². The molecule has 5 nitrogen and oxygen atoms in total. The van der Waals surface area contributed by atoms with Gasteiger partial charge in [0.25, 0.3) is 0 Å². The molecule has 0 bridgehead atoms. The molecule has 25 heavy (non-hydrogen) atoms. The average Bonchev–Trinajstić information content (AvgIpc) is 2.95. The molecule has 2 aromatic carbocycles. The Balaban J connectivity index is 1.81. The van der Waals surface area contributed by atoms with Crippen LogP contribution < -0.4 is 11.1 Å². The van der Waals surface area contributed by atoms with E-state index in [2.05, 4.69) is 15.4 Å². The van der Waals surface area contributed by atoms with Gasteiger partial charge in [0.1, 0.15) is 5.82 Å². The van der Waals surface area contributed by atoms with Crippen molar-refractivity contribution in [2.45, 2.75) is 18.5 Å². The first-order valence-corrected chi connectivity index (χ1v) is 8.46. The van der Waals surface area contributed by atoms with Gasteiger partial charge in [-0.05, 0) is 36.2 Å². The van der Waals surface area contributed by atoms with Crippen molar-refractivity contribution in [3.05, 3.63) is 69.5 Å². The fourth-order valence-corrected chi connectivity index (χ4v) is 3.83. The van der Waals surface area contributed by atoms with Crippen molar-refractivity contribution < 1.29 is 4.39 Å². The van der Waals surface area contributed by atoms with Crippen LogP contribution in [0.5, 0.6) is 0 Å². The summed E-state index contributed by atoms with van der Waals surface area (Å²) in [5.74, 6) is 0.409. The summed E-state index contributed by atoms with van der Waals surface area (Å²) in [5.41, 5.74) is 7.48. The molecule has 4 rings (SSSR count). The fourth-order valence-electron chi connectivity index (χ4n) is 3.18. The van der Waals surface area contributed by atoms with Crippen molar-refractivity contribution in [2.75, 3.05) is 11.1 Å². The summed E-state index contributed by atoms with van der Waals surface area (Å²) in [6.45, 7) is 0. The second kappa shape index (κ2) is 6.20. The Morgan fingerprint density at radius 1 is 1.12 bits per heavy atom. The third-order valence-electron chi connectivity index (χ3n) is 4.31. The topological polar surface area (TPSA) is 68.8 Å². The number of fused-ring (bicyclic) bond motifs is 1. The maximum Gasteiger partial charge on any atom is 0.241 e. The van der Waals surface area contributed by atoms with Crippen LogP contribution in [0.15, 0.2) is 42.5 Å². The number of hydrogen-bond acceptors (Lipinski definition) is 4. The van der Waals surface area contributed by atoms with Crippen LogP contribution in [-0.4, -0.2) is 14.8 Å². The van der Waals surface area contributed by atoms with Crippen molar-refractivity contribution >= 4 is 35.1 Å². The predicted molar refractivity (Wildman–Crippen MR) is 96.4 cm³/mol. The molecule has 0 spiro atoms. The quantitative estimate of drug-likeness (QED) is 0.691. The molecular weight excluding hydrogens is 364 g/mol. The van der Waals surface area contributed by atoms with E-state index in [1.807, 2.05) is 0 Å². The lowest BCUT2D eigenvalue weighted by Gasteiger charge is -2.32. The Morgan fingerprint density at radius 2 is 1.80 bits per heavy atom. The standard InChI is InChI=1S/C17H14Cl2FN5/c18-11-2-1-3-12(19)15(11)14-8-13(9-4-6-10(20)7-5-9)22-17-23-16(21)24-25(14)17/h1-7,13-14H,8H2,(H3,21,22,23,24)/t13-,14+/m1/s1. The molecule has 0 saturated heterocycles. The van der Waals surface area contributed by atoms with E-state index >= 15 is 0 Å². The van der Waals surface area contributed by atoms with Gasteiger partial charge in [0.2, 0.25) is 11.9 Å². The lowest BCUT2D eigenvalue weighted by molar-refractivity contribution is 0.431. The Morgan fingerprint density at radius 3 is 2.48 bits per heavy atom. The number of nitrogens with zero attached hydrogens (tertiary/aromatic N) is 3. The van der Waals surface area contributed by atoms with E-state index in [9.17, 15) is 4.39 Å². The maximum absolute atomic E-state index is 13.2. The summed E-state index contributed by atoms with van der Waals surface area (Å²) in [5, 5.41) is 8.68. The highest BCUT2D eigenvalue weighted by Crippen LogP contribution is 2.42. The predicted octanol–water partition coefficient (Wildman–Crippen LogP) is 4.45. The Hall–Kier alpha value is -2.31. The number of hydrogen-bond donors (Lipinski definition) is 2. The van der Waals surface area contributed by atoms with Crippen LogP contribution in [-0.2, 0) is 0 Å². The second-order valence-electron chi connectivity index (χ2n) is 5.87. The highest BCUT2D eigenvalue weighted by molar-refractivity contribution is 6.36. The molecule has 1 aromatic heterocycles. The van der Waals surface area contributed by atoms with E-state index in [0.717, 1.165) is 11.1 Å². The number of aromatic nitrogens is 3. The molecule has 0 aliphatic carbocycles. The molecule has 1 aliphatic heterocycles. The van der Waals surface area contributed by atoms with E-state index < -0.39 is 0 Å². The van der Waals surface area contributed by atoms with Crippen molar-refractivity contribution in [1.82, 2.24) is 14.8 Å². The largest absolute Gasteiger partial charge is 0.366 e. The van der Waals surface area contributed by atoms with Gasteiger partial charge in [-0.3, -0.25) is 0 Å². The highest BCUT2D eigenvalue weighted by atomic mass is 35.5. The number of halogens is 3. The lowest BCUT2D eigenvalue weighted by Crippen LogP contribution is -2.28. The monoisotopic (exact) mass is 377 g/mol. The third kappa shape index (κ3) is 2.92. The van der Waals surface area contributed by atoms with Crippen LogP contribution in [0.4, 0.5) is 16.3 Å². The van der Waals surface area contributed by atoms with Gasteiger partial charge in [-0.25, -0.2) is 9.07 Å². The SMILES string of the molecule is Nc1nc2n(n1)[C@H](c1c(Cl)cccc1Cl)C[C@H](c1ccc(F)cc1)N2. The van der Waals surface area contributed by atoms with Gasteiger partial charge in [-0.2, -0.15) is 4.98 Å². The fraction of sp³-hybridized carbons (Fsp3) is 0.176. The molecular formula is C17H14Cl2FN5. The molecule has 0 radical (unpaired) electrons. The Bertz CT molecular complexity index is 905. The van der Waals surface area contributed by atoms with Crippen LogP contribution in [0.1, 0.15) is 29.6 Å². The van der Waals surface area contributed by atoms with Crippen molar-refractivity contribution in [3.8, 4) is 0 Å². The van der Waals surface area contributed by atoms with Gasteiger partial charge in [0, 0.05) is 15.6 Å². The smallest absolute Gasteiger partial charge is 0.241 e. The zero-order valence-corrected chi connectivity index (χ0v) is 14.5. The van der Waals surface area contributed by atoms with Crippen LogP contribution in [0.2, 0.25) is 10.0 Å². The summed E-state index contributed by atoms with van der Waals surface area (Å²) >= 11 is 12.8. The van der Waals surface area contributed by atoms with Gasteiger partial charge in [-0.15, -0.1) is 5.10 Å². The van der Waals surface area contributed by atoms with E-state index in [0.29, 0.717) is 22.4 Å². The van der Waals surface area contributed by atoms with Gasteiger partial charge in [0.15, 0.2) is 0 Å². The first kappa shape index (κ1) is 16.2. The minimum atomic E-state index is -0.280. The lowest BCUT2D eigenvalue weighted by atomic mass is 9.93. The molecule has 0 amide bonds. The summed E-state index contributed by atoms with van der Waals surface area (Å²) in [6.07, 6.45) is 0.616. The molecule has 0 fully saturated rings. The van der Waals surface area contributed by atoms with E-state index in [1.165, 1.54) is 12.1 Å². The Kier molecular flexibility index (Phi) is 4.01. The van der Waals surface area contributed by atoms with Crippen molar-refractivity contribution in [3.63, 3.8) is 0 Å². The van der Waals surface area contributed by atoms with E-state index in [4.69, 9.17) is 28.9 Å². The molecule has 0 saturated carbocycles. The minimum absolute atomic E-state index is 0.103. The number of rotatable bonds is 2.